The van der Waals surface area contributed by atoms with Gasteiger partial charge in [0.05, 0.1) is 0 Å². The van der Waals surface area contributed by atoms with E-state index in [4.69, 9.17) is 4.74 Å². The minimum atomic E-state index is 0.483. The number of aldehydes is 1. The van der Waals surface area contributed by atoms with E-state index in [2.05, 4.69) is 4.98 Å². The van der Waals surface area contributed by atoms with E-state index >= 15 is 0 Å². The predicted molar refractivity (Wildman–Crippen MR) is 67.9 cm³/mol. The average Bonchev–Trinajstić information content (AvgIpc) is 2.40. The summed E-state index contributed by atoms with van der Waals surface area (Å²) in [5.74, 6) is 1.25. The van der Waals surface area contributed by atoms with Gasteiger partial charge in [-0.05, 0) is 24.5 Å². The van der Waals surface area contributed by atoms with Gasteiger partial charge < -0.3 is 4.74 Å². The molecule has 86 valence electrons. The number of ether oxygens (including phenoxy) is 1. The van der Waals surface area contributed by atoms with Gasteiger partial charge in [0.15, 0.2) is 6.29 Å². The monoisotopic (exact) mass is 245 g/mol. The summed E-state index contributed by atoms with van der Waals surface area (Å²) in [5, 5.41) is 0. The van der Waals surface area contributed by atoms with E-state index in [0.29, 0.717) is 11.4 Å². The maximum absolute atomic E-state index is 10.5. The second-order valence-electron chi connectivity index (χ2n) is 3.30. The average molecular weight is 245 g/mol. The maximum atomic E-state index is 10.5. The number of aromatic nitrogens is 1. The van der Waals surface area contributed by atoms with Gasteiger partial charge >= 0.3 is 0 Å². The third kappa shape index (κ3) is 2.85. The Balaban J connectivity index is 2.21. The molecule has 0 aliphatic heterocycles. The molecule has 1 aromatic carbocycles. The van der Waals surface area contributed by atoms with Crippen LogP contribution in [0.3, 0.4) is 0 Å². The van der Waals surface area contributed by atoms with Crippen molar-refractivity contribution in [2.45, 2.75) is 4.90 Å². The van der Waals surface area contributed by atoms with Crippen LogP contribution < -0.4 is 4.74 Å². The topological polar surface area (TPSA) is 39.2 Å². The largest absolute Gasteiger partial charge is 0.438 e. The lowest BCUT2D eigenvalue weighted by Crippen LogP contribution is -1.90. The predicted octanol–water partition coefficient (Wildman–Crippen LogP) is 3.41. The van der Waals surface area contributed by atoms with Gasteiger partial charge in [-0.3, -0.25) is 4.79 Å². The number of nitrogens with zero attached hydrogens (tertiary/aromatic N) is 1. The van der Waals surface area contributed by atoms with Gasteiger partial charge in [0, 0.05) is 22.7 Å². The lowest BCUT2D eigenvalue weighted by atomic mass is 10.3. The molecule has 4 heteroatoms. The molecule has 0 aliphatic rings. The lowest BCUT2D eigenvalue weighted by molar-refractivity contribution is 0.112. The second-order valence-corrected chi connectivity index (χ2v) is 4.15. The third-order valence-electron chi connectivity index (χ3n) is 2.18. The minimum absolute atomic E-state index is 0.483. The summed E-state index contributed by atoms with van der Waals surface area (Å²) in [6.07, 6.45) is 4.24. The zero-order valence-electron chi connectivity index (χ0n) is 9.29. The first-order valence-electron chi connectivity index (χ1n) is 5.05. The van der Waals surface area contributed by atoms with Crippen molar-refractivity contribution in [1.29, 1.82) is 0 Å². The fraction of sp³-hybridized carbons (Fsp3) is 0.0769. The molecule has 17 heavy (non-hydrogen) atoms. The van der Waals surface area contributed by atoms with Crippen LogP contribution in [0, 0.1) is 0 Å². The second kappa shape index (κ2) is 5.50. The molecular formula is C13H11NO2S. The zero-order valence-corrected chi connectivity index (χ0v) is 10.1. The van der Waals surface area contributed by atoms with E-state index in [0.717, 1.165) is 16.9 Å². The summed E-state index contributed by atoms with van der Waals surface area (Å²) < 4.78 is 5.65. The van der Waals surface area contributed by atoms with Gasteiger partial charge in [-0.25, -0.2) is 4.98 Å². The normalized spacial score (nSPS) is 9.94. The van der Waals surface area contributed by atoms with Crippen LogP contribution in [-0.4, -0.2) is 17.5 Å². The first-order valence-corrected chi connectivity index (χ1v) is 6.28. The number of hydrogen-bond acceptors (Lipinski definition) is 4. The van der Waals surface area contributed by atoms with Crippen molar-refractivity contribution >= 4 is 18.0 Å². The summed E-state index contributed by atoms with van der Waals surface area (Å²) in [7, 11) is 0. The molecule has 1 heterocycles. The molecule has 2 rings (SSSR count). The Kier molecular flexibility index (Phi) is 3.77. The molecule has 1 aromatic heterocycles. The number of pyridine rings is 1. The quantitative estimate of drug-likeness (QED) is 0.611. The number of carbonyl (C=O) groups is 1. The van der Waals surface area contributed by atoms with Gasteiger partial charge in [0.2, 0.25) is 5.88 Å². The first-order chi connectivity index (χ1) is 8.33. The van der Waals surface area contributed by atoms with Crippen LogP contribution in [0.5, 0.6) is 11.6 Å². The van der Waals surface area contributed by atoms with Gasteiger partial charge in [-0.1, -0.05) is 12.1 Å². The molecule has 0 fully saturated rings. The number of hydrogen-bond donors (Lipinski definition) is 0. The summed E-state index contributed by atoms with van der Waals surface area (Å²) in [6, 6.07) is 11.1. The maximum Gasteiger partial charge on any atom is 0.219 e. The fourth-order valence-electron chi connectivity index (χ4n) is 1.34. The number of para-hydroxylation sites is 1. The summed E-state index contributed by atoms with van der Waals surface area (Å²) in [4.78, 5) is 15.6. The zero-order chi connectivity index (χ0) is 12.1. The van der Waals surface area contributed by atoms with E-state index in [9.17, 15) is 4.79 Å². The molecule has 0 spiro atoms. The van der Waals surface area contributed by atoms with Gasteiger partial charge in [0.1, 0.15) is 5.75 Å². The van der Waals surface area contributed by atoms with Crippen molar-refractivity contribution in [3.8, 4) is 11.6 Å². The molecule has 0 aliphatic carbocycles. The summed E-state index contributed by atoms with van der Waals surface area (Å²) in [5.41, 5.74) is 0.538. The molecule has 0 atom stereocenters. The van der Waals surface area contributed by atoms with Crippen LogP contribution in [0.15, 0.2) is 47.5 Å². The smallest absolute Gasteiger partial charge is 0.219 e. The van der Waals surface area contributed by atoms with E-state index in [1.54, 1.807) is 23.9 Å². The number of benzene rings is 1. The Labute approximate surface area is 104 Å². The van der Waals surface area contributed by atoms with E-state index in [1.807, 2.05) is 30.5 Å². The van der Waals surface area contributed by atoms with Crippen molar-refractivity contribution < 1.29 is 9.53 Å². The van der Waals surface area contributed by atoms with E-state index < -0.39 is 0 Å². The molecule has 0 amide bonds. The first kappa shape index (κ1) is 11.7. The lowest BCUT2D eigenvalue weighted by Gasteiger charge is -2.08. The summed E-state index contributed by atoms with van der Waals surface area (Å²) in [6.45, 7) is 0. The highest BCUT2D eigenvalue weighted by atomic mass is 32.2. The number of thioether (sulfide) groups is 1. The third-order valence-corrected chi connectivity index (χ3v) is 2.96. The number of carbonyl (C=O) groups excluding carboxylic acids is 1. The fourth-order valence-corrected chi connectivity index (χ4v) is 1.86. The molecule has 0 unspecified atom stereocenters. The Morgan fingerprint density at radius 1 is 1.24 bits per heavy atom. The van der Waals surface area contributed by atoms with Crippen molar-refractivity contribution in [3.63, 3.8) is 0 Å². The van der Waals surface area contributed by atoms with Crippen LogP contribution in [0.4, 0.5) is 0 Å². The molecule has 0 saturated carbocycles. The molecule has 0 bridgehead atoms. The summed E-state index contributed by atoms with van der Waals surface area (Å²) >= 11 is 1.61. The van der Waals surface area contributed by atoms with Crippen molar-refractivity contribution in [2.75, 3.05) is 6.26 Å². The van der Waals surface area contributed by atoms with Crippen molar-refractivity contribution in [2.24, 2.45) is 0 Å². The van der Waals surface area contributed by atoms with Crippen LogP contribution >= 0.6 is 11.8 Å². The van der Waals surface area contributed by atoms with Crippen molar-refractivity contribution in [3.05, 3.63) is 48.2 Å². The Hall–Kier alpha value is -1.81. The van der Waals surface area contributed by atoms with E-state index in [-0.39, 0.29) is 0 Å². The standard InChI is InChI=1S/C13H11NO2S/c1-17-12-5-3-2-4-11(12)16-13-7-6-10(9-15)8-14-13/h2-9H,1H3. The minimum Gasteiger partial charge on any atom is -0.438 e. The molecule has 3 nitrogen and oxygen atoms in total. The van der Waals surface area contributed by atoms with Crippen LogP contribution in [-0.2, 0) is 0 Å². The Bertz CT molecular complexity index is 511. The van der Waals surface area contributed by atoms with Gasteiger partial charge in [-0.2, -0.15) is 0 Å². The van der Waals surface area contributed by atoms with Crippen molar-refractivity contribution in [1.82, 2.24) is 4.98 Å². The van der Waals surface area contributed by atoms with E-state index in [1.165, 1.54) is 6.20 Å². The number of rotatable bonds is 4. The van der Waals surface area contributed by atoms with Gasteiger partial charge in [0.25, 0.3) is 0 Å². The molecule has 2 aromatic rings. The Morgan fingerprint density at radius 3 is 2.71 bits per heavy atom. The van der Waals surface area contributed by atoms with Gasteiger partial charge in [-0.15, -0.1) is 11.8 Å². The highest BCUT2D eigenvalue weighted by Gasteiger charge is 2.03. The molecule has 0 radical (unpaired) electrons. The van der Waals surface area contributed by atoms with Crippen LogP contribution in [0.1, 0.15) is 10.4 Å². The molecule has 0 saturated heterocycles. The molecule has 0 N–H and O–H groups in total. The van der Waals surface area contributed by atoms with Crippen LogP contribution in [0.2, 0.25) is 0 Å². The Morgan fingerprint density at radius 2 is 2.06 bits per heavy atom. The SMILES string of the molecule is CSc1ccccc1Oc1ccc(C=O)cn1. The molecular weight excluding hydrogens is 234 g/mol. The highest BCUT2D eigenvalue weighted by molar-refractivity contribution is 7.98. The highest BCUT2D eigenvalue weighted by Crippen LogP contribution is 2.30. The van der Waals surface area contributed by atoms with Crippen LogP contribution in [0.25, 0.3) is 0 Å².